The second-order valence-electron chi connectivity index (χ2n) is 9.17. The van der Waals surface area contributed by atoms with E-state index < -0.39 is 6.09 Å². The Morgan fingerprint density at radius 3 is 2.14 bits per heavy atom. The number of carbonyl (C=O) groups excluding carboxylic acids is 1. The van der Waals surface area contributed by atoms with Gasteiger partial charge in [0.2, 0.25) is 0 Å². The number of fused-ring (bicyclic) bond motifs is 1. The minimum absolute atomic E-state index is 0.359. The molecule has 0 N–H and O–H groups in total. The largest absolute Gasteiger partial charge is 0.416 e. The van der Waals surface area contributed by atoms with Gasteiger partial charge in [0.05, 0.1) is 6.04 Å². The SMILES string of the molecule is C/C(=C\C(c1cn(C)c2ccccc12)N(Cc1ccccc1)C(=O)Oc1ccccc1)c1ccccc1. The average molecular weight is 487 g/mol. The van der Waals surface area contributed by atoms with Crippen molar-refractivity contribution in [1.82, 2.24) is 9.47 Å². The molecule has 1 heterocycles. The van der Waals surface area contributed by atoms with E-state index in [-0.39, 0.29) is 6.04 Å². The molecular formula is C33H30N2O2. The van der Waals surface area contributed by atoms with E-state index in [0.717, 1.165) is 33.2 Å². The third-order valence-corrected chi connectivity index (χ3v) is 6.60. The summed E-state index contributed by atoms with van der Waals surface area (Å²) in [7, 11) is 2.04. The second kappa shape index (κ2) is 11.0. The number of ether oxygens (including phenoxy) is 1. The van der Waals surface area contributed by atoms with E-state index in [4.69, 9.17) is 4.74 Å². The zero-order valence-corrected chi connectivity index (χ0v) is 21.1. The van der Waals surface area contributed by atoms with Crippen molar-refractivity contribution >= 4 is 22.6 Å². The predicted octanol–water partition coefficient (Wildman–Crippen LogP) is 8.02. The van der Waals surface area contributed by atoms with Crippen molar-refractivity contribution in [2.75, 3.05) is 0 Å². The predicted molar refractivity (Wildman–Crippen MR) is 150 cm³/mol. The topological polar surface area (TPSA) is 34.5 Å². The summed E-state index contributed by atoms with van der Waals surface area (Å²) in [6.45, 7) is 2.50. The molecule has 4 nitrogen and oxygen atoms in total. The van der Waals surface area contributed by atoms with Gasteiger partial charge in [-0.2, -0.15) is 0 Å². The van der Waals surface area contributed by atoms with Crippen LogP contribution in [-0.4, -0.2) is 15.6 Å². The Kier molecular flexibility index (Phi) is 7.18. The number of nitrogens with zero attached hydrogens (tertiary/aromatic N) is 2. The van der Waals surface area contributed by atoms with Crippen molar-refractivity contribution in [3.05, 3.63) is 144 Å². The fraction of sp³-hybridized carbons (Fsp3) is 0.121. The normalized spacial score (nSPS) is 12.3. The maximum atomic E-state index is 13.9. The van der Waals surface area contributed by atoms with Crippen LogP contribution in [0.2, 0.25) is 0 Å². The number of rotatable bonds is 7. The Bertz CT molecular complexity index is 1510. The number of amides is 1. The van der Waals surface area contributed by atoms with Crippen LogP contribution in [0.15, 0.2) is 128 Å². The molecule has 5 aromatic rings. The number of hydrogen-bond acceptors (Lipinski definition) is 2. The van der Waals surface area contributed by atoms with Crippen molar-refractivity contribution in [1.29, 1.82) is 0 Å². The lowest BCUT2D eigenvalue weighted by Crippen LogP contribution is -2.36. The zero-order chi connectivity index (χ0) is 25.6. The summed E-state index contributed by atoms with van der Waals surface area (Å²) in [5.41, 5.74) is 5.40. The molecule has 0 aliphatic carbocycles. The van der Waals surface area contributed by atoms with Gasteiger partial charge in [-0.05, 0) is 41.8 Å². The van der Waals surface area contributed by atoms with Gasteiger partial charge < -0.3 is 9.30 Å². The smallest absolute Gasteiger partial charge is 0.410 e. The summed E-state index contributed by atoms with van der Waals surface area (Å²) < 4.78 is 8.03. The van der Waals surface area contributed by atoms with Crippen LogP contribution in [0.1, 0.15) is 29.7 Å². The van der Waals surface area contributed by atoms with Crippen molar-refractivity contribution in [2.45, 2.75) is 19.5 Å². The first-order valence-corrected chi connectivity index (χ1v) is 12.5. The van der Waals surface area contributed by atoms with Crippen LogP contribution in [0.3, 0.4) is 0 Å². The highest BCUT2D eigenvalue weighted by atomic mass is 16.6. The number of para-hydroxylation sites is 2. The van der Waals surface area contributed by atoms with Crippen LogP contribution in [0.5, 0.6) is 5.75 Å². The van der Waals surface area contributed by atoms with Crippen LogP contribution < -0.4 is 4.74 Å². The molecule has 0 aliphatic rings. The van der Waals surface area contributed by atoms with Crippen molar-refractivity contribution < 1.29 is 9.53 Å². The lowest BCUT2D eigenvalue weighted by atomic mass is 9.98. The molecule has 5 rings (SSSR count). The summed E-state index contributed by atoms with van der Waals surface area (Å²) in [6, 6.07) is 37.5. The highest BCUT2D eigenvalue weighted by Gasteiger charge is 2.28. The van der Waals surface area contributed by atoms with Gasteiger partial charge in [-0.25, -0.2) is 4.79 Å². The highest BCUT2D eigenvalue weighted by Crippen LogP contribution is 2.34. The van der Waals surface area contributed by atoms with Crippen molar-refractivity contribution in [3.8, 4) is 5.75 Å². The number of hydrogen-bond donors (Lipinski definition) is 0. The van der Waals surface area contributed by atoms with E-state index in [1.807, 2.05) is 90.8 Å². The molecule has 0 radical (unpaired) electrons. The summed E-state index contributed by atoms with van der Waals surface area (Å²) in [4.78, 5) is 15.7. The van der Waals surface area contributed by atoms with E-state index in [1.165, 1.54) is 0 Å². The second-order valence-corrected chi connectivity index (χ2v) is 9.17. The van der Waals surface area contributed by atoms with Gasteiger partial charge in [0, 0.05) is 36.3 Å². The molecule has 1 amide bonds. The van der Waals surface area contributed by atoms with Crippen LogP contribution in [0, 0.1) is 0 Å². The van der Waals surface area contributed by atoms with Crippen molar-refractivity contribution in [3.63, 3.8) is 0 Å². The molecule has 1 aromatic heterocycles. The molecule has 184 valence electrons. The molecule has 1 unspecified atom stereocenters. The fourth-order valence-electron chi connectivity index (χ4n) is 4.69. The molecule has 0 aliphatic heterocycles. The third-order valence-electron chi connectivity index (χ3n) is 6.60. The monoisotopic (exact) mass is 486 g/mol. The molecule has 1 atom stereocenters. The van der Waals surface area contributed by atoms with E-state index in [1.54, 1.807) is 12.1 Å². The van der Waals surface area contributed by atoms with Crippen LogP contribution in [-0.2, 0) is 13.6 Å². The Balaban J connectivity index is 1.65. The van der Waals surface area contributed by atoms with Gasteiger partial charge in [0.1, 0.15) is 5.75 Å². The van der Waals surface area contributed by atoms with E-state index in [2.05, 4.69) is 48.0 Å². The molecule has 37 heavy (non-hydrogen) atoms. The van der Waals surface area contributed by atoms with Gasteiger partial charge in [-0.15, -0.1) is 0 Å². The lowest BCUT2D eigenvalue weighted by Gasteiger charge is -2.30. The minimum atomic E-state index is -0.398. The number of benzene rings is 4. The van der Waals surface area contributed by atoms with E-state index >= 15 is 0 Å². The summed E-state index contributed by atoms with van der Waals surface area (Å²) in [6.07, 6.45) is 3.90. The van der Waals surface area contributed by atoms with Crippen LogP contribution >= 0.6 is 0 Å². The van der Waals surface area contributed by atoms with E-state index in [9.17, 15) is 4.79 Å². The maximum absolute atomic E-state index is 13.9. The number of carbonyl (C=O) groups is 1. The number of allylic oxidation sites excluding steroid dienone is 1. The molecular weight excluding hydrogens is 456 g/mol. The van der Waals surface area contributed by atoms with Gasteiger partial charge in [-0.3, -0.25) is 4.90 Å². The molecule has 0 saturated heterocycles. The first-order valence-electron chi connectivity index (χ1n) is 12.5. The quantitative estimate of drug-likeness (QED) is 0.233. The van der Waals surface area contributed by atoms with Crippen LogP contribution in [0.4, 0.5) is 4.79 Å². The van der Waals surface area contributed by atoms with Crippen molar-refractivity contribution in [2.24, 2.45) is 7.05 Å². The average Bonchev–Trinajstić information content (AvgIpc) is 3.28. The van der Waals surface area contributed by atoms with Gasteiger partial charge in [0.25, 0.3) is 0 Å². The first kappa shape index (κ1) is 24.1. The molecule has 0 fully saturated rings. The third kappa shape index (κ3) is 5.49. The minimum Gasteiger partial charge on any atom is -0.410 e. The van der Waals surface area contributed by atoms with Gasteiger partial charge >= 0.3 is 6.09 Å². The Morgan fingerprint density at radius 2 is 1.43 bits per heavy atom. The first-order chi connectivity index (χ1) is 18.1. The molecule has 0 bridgehead atoms. The van der Waals surface area contributed by atoms with Gasteiger partial charge in [-0.1, -0.05) is 103 Å². The Morgan fingerprint density at radius 1 is 0.838 bits per heavy atom. The maximum Gasteiger partial charge on any atom is 0.416 e. The summed E-state index contributed by atoms with van der Waals surface area (Å²) in [5.74, 6) is 0.519. The highest BCUT2D eigenvalue weighted by molar-refractivity contribution is 5.86. The molecule has 4 aromatic carbocycles. The number of aryl methyl sites for hydroxylation is 1. The molecule has 0 saturated carbocycles. The lowest BCUT2D eigenvalue weighted by molar-refractivity contribution is 0.137. The number of aromatic nitrogens is 1. The van der Waals surface area contributed by atoms with Crippen LogP contribution in [0.25, 0.3) is 16.5 Å². The molecule has 4 heteroatoms. The van der Waals surface area contributed by atoms with E-state index in [0.29, 0.717) is 12.3 Å². The zero-order valence-electron chi connectivity index (χ0n) is 21.1. The molecule has 0 spiro atoms. The standard InChI is InChI=1S/C33H30N2O2/c1-25(27-16-8-4-9-17-27)22-32(30-24-34(2)31-21-13-12-20-29(30)31)35(23-26-14-6-3-7-15-26)33(36)37-28-18-10-5-11-19-28/h3-22,24,32H,23H2,1-2H3/b25-22+. The Labute approximate surface area is 218 Å². The summed E-state index contributed by atoms with van der Waals surface area (Å²) in [5, 5.41) is 1.11. The summed E-state index contributed by atoms with van der Waals surface area (Å²) >= 11 is 0. The van der Waals surface area contributed by atoms with Gasteiger partial charge in [0.15, 0.2) is 0 Å². The Hall–Kier alpha value is -4.57. The fourth-order valence-corrected chi connectivity index (χ4v) is 4.69.